The number of ether oxygens (including phenoxy) is 2. The molecule has 1 aliphatic heterocycles. The van der Waals surface area contributed by atoms with E-state index in [1.807, 2.05) is 72.4 Å². The molecule has 2 aromatic carbocycles. The number of nitrogens with zero attached hydrogens (tertiary/aromatic N) is 4. The molecule has 0 N–H and O–H groups in total. The SMILES string of the molecule is CN(C)c1nccnc1OC1CCCN(C(=O)c2ccccc2Oc2ccccc2)C1. The van der Waals surface area contributed by atoms with Crippen LogP contribution in [0.1, 0.15) is 23.2 Å². The molecule has 1 unspecified atom stereocenters. The smallest absolute Gasteiger partial charge is 0.257 e. The number of aromatic nitrogens is 2. The summed E-state index contributed by atoms with van der Waals surface area (Å²) in [5.41, 5.74) is 0.542. The minimum Gasteiger partial charge on any atom is -0.470 e. The largest absolute Gasteiger partial charge is 0.470 e. The van der Waals surface area contributed by atoms with E-state index in [0.29, 0.717) is 41.8 Å². The Morgan fingerprint density at radius 3 is 2.58 bits per heavy atom. The van der Waals surface area contributed by atoms with E-state index < -0.39 is 0 Å². The van der Waals surface area contributed by atoms with Gasteiger partial charge in [-0.2, -0.15) is 0 Å². The number of rotatable bonds is 6. The number of benzene rings is 2. The summed E-state index contributed by atoms with van der Waals surface area (Å²) in [5.74, 6) is 2.34. The highest BCUT2D eigenvalue weighted by Gasteiger charge is 2.28. The zero-order valence-electron chi connectivity index (χ0n) is 17.8. The Balaban J connectivity index is 1.49. The average molecular weight is 418 g/mol. The van der Waals surface area contributed by atoms with Crippen LogP contribution in [0.2, 0.25) is 0 Å². The fourth-order valence-electron chi connectivity index (χ4n) is 3.60. The molecule has 1 aliphatic rings. The second-order valence-electron chi connectivity index (χ2n) is 7.62. The van der Waals surface area contributed by atoms with E-state index in [1.165, 1.54) is 0 Å². The Morgan fingerprint density at radius 2 is 1.77 bits per heavy atom. The highest BCUT2D eigenvalue weighted by molar-refractivity contribution is 5.97. The average Bonchev–Trinajstić information content (AvgIpc) is 2.80. The summed E-state index contributed by atoms with van der Waals surface area (Å²) in [6, 6.07) is 16.8. The van der Waals surface area contributed by atoms with E-state index in [9.17, 15) is 4.79 Å². The molecule has 7 nitrogen and oxygen atoms in total. The topological polar surface area (TPSA) is 67.8 Å². The number of para-hydroxylation sites is 2. The molecule has 4 rings (SSSR count). The van der Waals surface area contributed by atoms with Gasteiger partial charge in [0.15, 0.2) is 5.82 Å². The third-order valence-electron chi connectivity index (χ3n) is 5.10. The fourth-order valence-corrected chi connectivity index (χ4v) is 3.60. The number of carbonyl (C=O) groups excluding carboxylic acids is 1. The van der Waals surface area contributed by atoms with Crippen LogP contribution in [-0.2, 0) is 0 Å². The standard InChI is InChI=1S/C24H26N4O3/c1-27(2)22-23(26-15-14-25-22)31-19-11-8-16-28(17-19)24(29)20-12-6-7-13-21(20)30-18-9-4-3-5-10-18/h3-7,9-10,12-15,19H,8,11,16-17H2,1-2H3. The van der Waals surface area contributed by atoms with Crippen molar-refractivity contribution >= 4 is 11.7 Å². The third kappa shape index (κ3) is 4.94. The molecule has 1 fully saturated rings. The zero-order valence-corrected chi connectivity index (χ0v) is 17.8. The molecule has 1 atom stereocenters. The number of amides is 1. The molecule has 7 heteroatoms. The summed E-state index contributed by atoms with van der Waals surface area (Å²) < 4.78 is 12.1. The van der Waals surface area contributed by atoms with Gasteiger partial charge in [0.2, 0.25) is 0 Å². The maximum atomic E-state index is 13.3. The molecule has 1 aromatic heterocycles. The minimum atomic E-state index is -0.143. The number of carbonyl (C=O) groups is 1. The summed E-state index contributed by atoms with van der Waals surface area (Å²) in [5, 5.41) is 0. The second kappa shape index (κ2) is 9.47. The lowest BCUT2D eigenvalue weighted by molar-refractivity contribution is 0.0526. The lowest BCUT2D eigenvalue weighted by Crippen LogP contribution is -2.44. The molecule has 0 bridgehead atoms. The van der Waals surface area contributed by atoms with Crippen LogP contribution < -0.4 is 14.4 Å². The van der Waals surface area contributed by atoms with Gasteiger partial charge in [0.25, 0.3) is 11.8 Å². The van der Waals surface area contributed by atoms with Crippen LogP contribution in [0.3, 0.4) is 0 Å². The first kappa shape index (κ1) is 20.7. The van der Waals surface area contributed by atoms with E-state index in [1.54, 1.807) is 18.5 Å². The fraction of sp³-hybridized carbons (Fsp3) is 0.292. The van der Waals surface area contributed by atoms with Gasteiger partial charge in [-0.05, 0) is 37.1 Å². The molecule has 0 saturated carbocycles. The Labute approximate surface area is 182 Å². The van der Waals surface area contributed by atoms with Gasteiger partial charge in [-0.15, -0.1) is 0 Å². The van der Waals surface area contributed by atoms with Crippen molar-refractivity contribution in [1.82, 2.24) is 14.9 Å². The van der Waals surface area contributed by atoms with Crippen molar-refractivity contribution in [1.29, 1.82) is 0 Å². The summed E-state index contributed by atoms with van der Waals surface area (Å²) in [4.78, 5) is 25.7. The van der Waals surface area contributed by atoms with Crippen LogP contribution in [0.5, 0.6) is 17.4 Å². The van der Waals surface area contributed by atoms with Gasteiger partial charge in [-0.25, -0.2) is 9.97 Å². The number of hydrogen-bond acceptors (Lipinski definition) is 6. The van der Waals surface area contributed by atoms with Gasteiger partial charge in [-0.3, -0.25) is 4.79 Å². The first-order valence-corrected chi connectivity index (χ1v) is 10.4. The van der Waals surface area contributed by atoms with Crippen molar-refractivity contribution in [2.45, 2.75) is 18.9 Å². The van der Waals surface area contributed by atoms with Crippen molar-refractivity contribution in [2.75, 3.05) is 32.1 Å². The number of piperidine rings is 1. The Bertz CT molecular complexity index is 1030. The van der Waals surface area contributed by atoms with E-state index in [0.717, 1.165) is 12.8 Å². The number of likely N-dealkylation sites (tertiary alicyclic amines) is 1. The van der Waals surface area contributed by atoms with Crippen LogP contribution in [0.25, 0.3) is 0 Å². The third-order valence-corrected chi connectivity index (χ3v) is 5.10. The van der Waals surface area contributed by atoms with E-state index in [-0.39, 0.29) is 12.0 Å². The molecule has 0 aliphatic carbocycles. The summed E-state index contributed by atoms with van der Waals surface area (Å²) in [7, 11) is 3.80. The van der Waals surface area contributed by atoms with Gasteiger partial charge in [0.05, 0.1) is 12.1 Å². The number of hydrogen-bond donors (Lipinski definition) is 0. The van der Waals surface area contributed by atoms with Crippen LogP contribution in [0.15, 0.2) is 67.0 Å². The van der Waals surface area contributed by atoms with Crippen molar-refractivity contribution in [3.05, 3.63) is 72.6 Å². The van der Waals surface area contributed by atoms with Crippen molar-refractivity contribution in [3.8, 4) is 17.4 Å². The van der Waals surface area contributed by atoms with E-state index in [4.69, 9.17) is 9.47 Å². The maximum absolute atomic E-state index is 13.3. The molecule has 2 heterocycles. The molecule has 0 radical (unpaired) electrons. The zero-order chi connectivity index (χ0) is 21.6. The van der Waals surface area contributed by atoms with Gasteiger partial charge in [0, 0.05) is 33.0 Å². The maximum Gasteiger partial charge on any atom is 0.257 e. The van der Waals surface area contributed by atoms with Gasteiger partial charge in [0.1, 0.15) is 17.6 Å². The summed E-state index contributed by atoms with van der Waals surface area (Å²) in [6.07, 6.45) is 4.83. The Morgan fingerprint density at radius 1 is 1.03 bits per heavy atom. The summed E-state index contributed by atoms with van der Waals surface area (Å²) >= 11 is 0. The van der Waals surface area contributed by atoms with Crippen molar-refractivity contribution in [2.24, 2.45) is 0 Å². The summed E-state index contributed by atoms with van der Waals surface area (Å²) in [6.45, 7) is 1.17. The lowest BCUT2D eigenvalue weighted by Gasteiger charge is -2.33. The van der Waals surface area contributed by atoms with Crippen LogP contribution >= 0.6 is 0 Å². The number of anilines is 1. The second-order valence-corrected chi connectivity index (χ2v) is 7.62. The molecular formula is C24H26N4O3. The molecule has 160 valence electrons. The first-order chi connectivity index (χ1) is 15.1. The molecule has 31 heavy (non-hydrogen) atoms. The van der Waals surface area contributed by atoms with Crippen LogP contribution in [0.4, 0.5) is 5.82 Å². The highest BCUT2D eigenvalue weighted by atomic mass is 16.5. The van der Waals surface area contributed by atoms with Crippen molar-refractivity contribution in [3.63, 3.8) is 0 Å². The normalized spacial score (nSPS) is 15.9. The Hall–Kier alpha value is -3.61. The lowest BCUT2D eigenvalue weighted by atomic mass is 10.1. The highest BCUT2D eigenvalue weighted by Crippen LogP contribution is 2.28. The monoisotopic (exact) mass is 418 g/mol. The molecule has 3 aromatic rings. The van der Waals surface area contributed by atoms with Crippen LogP contribution in [-0.4, -0.2) is 54.1 Å². The minimum absolute atomic E-state index is 0.0631. The molecule has 0 spiro atoms. The van der Waals surface area contributed by atoms with Gasteiger partial charge >= 0.3 is 0 Å². The molecular weight excluding hydrogens is 392 g/mol. The van der Waals surface area contributed by atoms with E-state index in [2.05, 4.69) is 9.97 Å². The van der Waals surface area contributed by atoms with E-state index >= 15 is 0 Å². The predicted octanol–water partition coefficient (Wildman–Crippen LogP) is 4.02. The van der Waals surface area contributed by atoms with Gasteiger partial charge in [-0.1, -0.05) is 30.3 Å². The quantitative estimate of drug-likeness (QED) is 0.602. The Kier molecular flexibility index (Phi) is 6.31. The molecule has 1 saturated heterocycles. The van der Waals surface area contributed by atoms with Crippen LogP contribution in [0, 0.1) is 0 Å². The van der Waals surface area contributed by atoms with Crippen molar-refractivity contribution < 1.29 is 14.3 Å². The molecule has 1 amide bonds. The predicted molar refractivity (Wildman–Crippen MR) is 119 cm³/mol. The first-order valence-electron chi connectivity index (χ1n) is 10.4. The van der Waals surface area contributed by atoms with Gasteiger partial charge < -0.3 is 19.3 Å².